The van der Waals surface area contributed by atoms with Gasteiger partial charge in [0.2, 0.25) is 0 Å². The van der Waals surface area contributed by atoms with Crippen LogP contribution in [-0.2, 0) is 9.53 Å². The Balaban J connectivity index is 3.34. The number of phenolic OH excluding ortho intramolecular Hbond substituents is 1. The largest absolute Gasteiger partial charge is 0.506 e. The Hall–Kier alpha value is -0.110. The first-order chi connectivity index (χ1) is 7.40. The zero-order chi connectivity index (χ0) is 12.5. The molecule has 4 nitrogen and oxygen atoms in total. The lowest BCUT2D eigenvalue weighted by atomic mass is 10.1. The first-order valence-electron chi connectivity index (χ1n) is 4.10. The highest BCUT2D eigenvalue weighted by Gasteiger charge is 2.24. The van der Waals surface area contributed by atoms with Gasteiger partial charge in [-0.15, -0.1) is 0 Å². The Morgan fingerprint density at radius 2 is 2.00 bits per heavy atom. The summed E-state index contributed by atoms with van der Waals surface area (Å²) in [4.78, 5) is 11.3. The van der Waals surface area contributed by atoms with Crippen molar-refractivity contribution in [3.63, 3.8) is 0 Å². The van der Waals surface area contributed by atoms with E-state index in [-0.39, 0.29) is 5.75 Å². The summed E-state index contributed by atoms with van der Waals surface area (Å²) in [6.45, 7) is 0. The molecule has 0 aromatic heterocycles. The molecule has 0 aliphatic carbocycles. The molecule has 0 bridgehead atoms. The summed E-state index contributed by atoms with van der Waals surface area (Å²) in [6, 6.07) is 0.644. The summed E-state index contributed by atoms with van der Waals surface area (Å²) in [6.07, 6.45) is 0. The van der Waals surface area contributed by atoms with Crippen LogP contribution in [0, 0.1) is 0 Å². The summed E-state index contributed by atoms with van der Waals surface area (Å²) in [5, 5.41) is 9.69. The van der Waals surface area contributed by atoms with E-state index in [1.807, 2.05) is 0 Å². The fraction of sp³-hybridized carbons (Fsp3) is 0.222. The zero-order valence-corrected chi connectivity index (χ0v) is 12.9. The summed E-state index contributed by atoms with van der Waals surface area (Å²) in [7, 11) is 1.25. The van der Waals surface area contributed by atoms with Crippen LogP contribution in [0.1, 0.15) is 11.6 Å². The summed E-state index contributed by atoms with van der Waals surface area (Å²) < 4.78 is 5.99. The van der Waals surface area contributed by atoms with Crippen LogP contribution in [0.15, 0.2) is 19.5 Å². The van der Waals surface area contributed by atoms with E-state index in [0.717, 1.165) is 0 Å². The van der Waals surface area contributed by atoms with Gasteiger partial charge in [-0.2, -0.15) is 0 Å². The summed E-state index contributed by atoms with van der Waals surface area (Å²) in [5.41, 5.74) is 6.15. The topological polar surface area (TPSA) is 72.5 Å². The number of aromatic hydroxyl groups is 1. The average molecular weight is 418 g/mol. The van der Waals surface area contributed by atoms with Gasteiger partial charge in [-0.25, -0.2) is 0 Å². The molecule has 3 N–H and O–H groups in total. The van der Waals surface area contributed by atoms with Gasteiger partial charge in [0.15, 0.2) is 0 Å². The lowest BCUT2D eigenvalue weighted by Gasteiger charge is -2.15. The van der Waals surface area contributed by atoms with Crippen LogP contribution in [0.3, 0.4) is 0 Å². The molecule has 0 aliphatic rings. The standard InChI is InChI=1S/C9H8Br3NO3/c1-16-9(15)7(13)5-3(10)2-4(11)8(14)6(5)12/h2,7,14H,13H2,1H3/t7-/m1/s1. The van der Waals surface area contributed by atoms with Crippen LogP contribution < -0.4 is 5.73 Å². The lowest BCUT2D eigenvalue weighted by Crippen LogP contribution is -2.23. The molecule has 0 heterocycles. The van der Waals surface area contributed by atoms with E-state index in [1.165, 1.54) is 7.11 Å². The molecule has 1 aromatic carbocycles. The Morgan fingerprint density at radius 3 is 2.50 bits per heavy atom. The number of carbonyl (C=O) groups is 1. The van der Waals surface area contributed by atoms with Gasteiger partial charge in [-0.1, -0.05) is 15.9 Å². The number of nitrogens with two attached hydrogens (primary N) is 1. The molecular formula is C9H8Br3NO3. The number of benzene rings is 1. The molecule has 0 spiro atoms. The van der Waals surface area contributed by atoms with Crippen LogP contribution in [0.4, 0.5) is 0 Å². The Bertz CT molecular complexity index is 436. The predicted octanol–water partition coefficient (Wildman–Crippen LogP) is 2.85. The number of ether oxygens (including phenoxy) is 1. The molecule has 0 saturated heterocycles. The molecule has 0 radical (unpaired) electrons. The molecule has 0 unspecified atom stereocenters. The predicted molar refractivity (Wildman–Crippen MR) is 70.2 cm³/mol. The lowest BCUT2D eigenvalue weighted by molar-refractivity contribution is -0.142. The van der Waals surface area contributed by atoms with Gasteiger partial charge in [0, 0.05) is 10.0 Å². The van der Waals surface area contributed by atoms with E-state index < -0.39 is 12.0 Å². The fourth-order valence-electron chi connectivity index (χ4n) is 1.12. The third-order valence-electron chi connectivity index (χ3n) is 1.95. The van der Waals surface area contributed by atoms with E-state index in [0.29, 0.717) is 19.0 Å². The fourth-order valence-corrected chi connectivity index (χ4v) is 3.74. The monoisotopic (exact) mass is 415 g/mol. The number of hydrogen-bond donors (Lipinski definition) is 2. The van der Waals surface area contributed by atoms with Gasteiger partial charge in [-0.05, 0) is 37.9 Å². The number of esters is 1. The van der Waals surface area contributed by atoms with E-state index in [2.05, 4.69) is 52.5 Å². The van der Waals surface area contributed by atoms with E-state index >= 15 is 0 Å². The number of halogens is 3. The average Bonchev–Trinajstić information content (AvgIpc) is 2.24. The molecule has 1 rings (SSSR count). The second kappa shape index (κ2) is 5.48. The van der Waals surface area contributed by atoms with Crippen molar-refractivity contribution in [3.05, 3.63) is 25.0 Å². The Kier molecular flexibility index (Phi) is 4.78. The molecule has 0 amide bonds. The van der Waals surface area contributed by atoms with Gasteiger partial charge in [-0.3, -0.25) is 4.79 Å². The van der Waals surface area contributed by atoms with Gasteiger partial charge in [0.05, 0.1) is 16.1 Å². The molecule has 1 aromatic rings. The van der Waals surface area contributed by atoms with Crippen molar-refractivity contribution in [2.24, 2.45) is 5.73 Å². The van der Waals surface area contributed by atoms with Crippen molar-refractivity contribution in [1.82, 2.24) is 0 Å². The minimum Gasteiger partial charge on any atom is -0.506 e. The van der Waals surface area contributed by atoms with Crippen LogP contribution >= 0.6 is 47.8 Å². The smallest absolute Gasteiger partial charge is 0.327 e. The third kappa shape index (κ3) is 2.58. The van der Waals surface area contributed by atoms with E-state index in [9.17, 15) is 9.90 Å². The SMILES string of the molecule is COC(=O)[C@H](N)c1c(Br)cc(Br)c(O)c1Br. The van der Waals surface area contributed by atoms with Gasteiger partial charge in [0.25, 0.3) is 0 Å². The van der Waals surface area contributed by atoms with E-state index in [4.69, 9.17) is 5.73 Å². The highest BCUT2D eigenvalue weighted by atomic mass is 79.9. The normalized spacial score (nSPS) is 12.3. The second-order valence-corrected chi connectivity index (χ2v) is 5.42. The van der Waals surface area contributed by atoms with E-state index in [1.54, 1.807) is 6.07 Å². The van der Waals surface area contributed by atoms with Crippen molar-refractivity contribution in [2.75, 3.05) is 7.11 Å². The number of hydrogen-bond acceptors (Lipinski definition) is 4. The Morgan fingerprint density at radius 1 is 1.44 bits per heavy atom. The zero-order valence-electron chi connectivity index (χ0n) is 8.13. The molecule has 16 heavy (non-hydrogen) atoms. The number of methoxy groups -OCH3 is 1. The minimum absolute atomic E-state index is 0.0162. The highest BCUT2D eigenvalue weighted by Crippen LogP contribution is 2.41. The molecule has 7 heteroatoms. The molecule has 0 saturated carbocycles. The molecule has 1 atom stereocenters. The maximum atomic E-state index is 11.3. The summed E-state index contributed by atoms with van der Waals surface area (Å²) >= 11 is 9.62. The molecular weight excluding hydrogens is 410 g/mol. The molecule has 88 valence electrons. The quantitative estimate of drug-likeness (QED) is 0.726. The first-order valence-corrected chi connectivity index (χ1v) is 6.47. The van der Waals surface area contributed by atoms with Crippen molar-refractivity contribution in [3.8, 4) is 5.75 Å². The van der Waals surface area contributed by atoms with Crippen molar-refractivity contribution in [2.45, 2.75) is 6.04 Å². The second-order valence-electron chi connectivity index (χ2n) is 2.92. The Labute approximate surface area is 118 Å². The number of phenols is 1. The first kappa shape index (κ1) is 14.0. The van der Waals surface area contributed by atoms with Gasteiger partial charge in [0.1, 0.15) is 11.8 Å². The van der Waals surface area contributed by atoms with Crippen LogP contribution in [0.2, 0.25) is 0 Å². The molecule has 0 fully saturated rings. The maximum absolute atomic E-state index is 11.3. The number of rotatable bonds is 2. The van der Waals surface area contributed by atoms with Crippen molar-refractivity contribution >= 4 is 53.8 Å². The van der Waals surface area contributed by atoms with Crippen molar-refractivity contribution in [1.29, 1.82) is 0 Å². The summed E-state index contributed by atoms with van der Waals surface area (Å²) in [5.74, 6) is -0.597. The number of carbonyl (C=O) groups excluding carboxylic acids is 1. The minimum atomic E-state index is -0.965. The molecule has 0 aliphatic heterocycles. The van der Waals surface area contributed by atoms with Crippen LogP contribution in [0.25, 0.3) is 0 Å². The van der Waals surface area contributed by atoms with Gasteiger partial charge >= 0.3 is 5.97 Å². The van der Waals surface area contributed by atoms with Crippen molar-refractivity contribution < 1.29 is 14.6 Å². The van der Waals surface area contributed by atoms with Gasteiger partial charge < -0.3 is 15.6 Å². The maximum Gasteiger partial charge on any atom is 0.327 e. The van der Waals surface area contributed by atoms with Crippen LogP contribution in [-0.4, -0.2) is 18.2 Å². The van der Waals surface area contributed by atoms with Crippen LogP contribution in [0.5, 0.6) is 5.75 Å². The third-order valence-corrected chi connectivity index (χ3v) is 4.01. The highest BCUT2D eigenvalue weighted by molar-refractivity contribution is 9.11.